The van der Waals surface area contributed by atoms with Crippen LogP contribution in [0.3, 0.4) is 0 Å². The fourth-order valence-electron chi connectivity index (χ4n) is 4.51. The number of esters is 2. The average molecular weight is 506 g/mol. The summed E-state index contributed by atoms with van der Waals surface area (Å²) in [6.45, 7) is 1.90. The van der Waals surface area contributed by atoms with E-state index in [2.05, 4.69) is 10.3 Å². The van der Waals surface area contributed by atoms with Gasteiger partial charge in [0.25, 0.3) is 0 Å². The third-order valence-corrected chi connectivity index (χ3v) is 7.33. The summed E-state index contributed by atoms with van der Waals surface area (Å²) in [6.07, 6.45) is 4.27. The lowest BCUT2D eigenvalue weighted by Gasteiger charge is -2.34. The maximum absolute atomic E-state index is 14.4. The zero-order valence-electron chi connectivity index (χ0n) is 18.8. The largest absolute Gasteiger partial charge is 0.469 e. The van der Waals surface area contributed by atoms with Crippen molar-refractivity contribution >= 4 is 40.7 Å². The molecule has 1 fully saturated rings. The molecule has 1 N–H and O–H groups in total. The number of methoxy groups -OCH3 is 1. The third-order valence-electron chi connectivity index (χ3n) is 6.15. The zero-order chi connectivity index (χ0) is 24.2. The van der Waals surface area contributed by atoms with Crippen molar-refractivity contribution < 1.29 is 23.5 Å². The lowest BCUT2D eigenvalue weighted by Crippen LogP contribution is -2.38. The van der Waals surface area contributed by atoms with Crippen molar-refractivity contribution in [3.05, 3.63) is 62.5 Å². The molecule has 1 aromatic heterocycles. The molecule has 0 saturated heterocycles. The molecule has 1 saturated carbocycles. The molecule has 0 bridgehead atoms. The molecule has 0 amide bonds. The highest BCUT2D eigenvalue weighted by Crippen LogP contribution is 2.42. The van der Waals surface area contributed by atoms with Crippen molar-refractivity contribution in [2.75, 3.05) is 13.7 Å². The number of carbonyl (C=O) groups is 2. The number of halogens is 2. The van der Waals surface area contributed by atoms with Crippen molar-refractivity contribution in [2.24, 2.45) is 16.8 Å². The Morgan fingerprint density at radius 1 is 1.26 bits per heavy atom. The van der Waals surface area contributed by atoms with Gasteiger partial charge in [0.15, 0.2) is 10.8 Å². The number of thiazole rings is 1. The Hall–Kier alpha value is -2.78. The van der Waals surface area contributed by atoms with Crippen LogP contribution in [0.4, 0.5) is 4.39 Å². The van der Waals surface area contributed by atoms with Crippen molar-refractivity contribution in [3.63, 3.8) is 0 Å². The normalized spacial score (nSPS) is 22.6. The SMILES string of the molecule is CCOC(=O)C1=C([C@H]2CC[C@H](C(=O)OC)CC2)NC(c2nccs2)=NC1c1cccc(F)c1Cl. The van der Waals surface area contributed by atoms with Crippen molar-refractivity contribution in [3.8, 4) is 0 Å². The van der Waals surface area contributed by atoms with E-state index in [9.17, 15) is 14.0 Å². The minimum absolute atomic E-state index is 0.0550. The first-order chi connectivity index (χ1) is 16.4. The van der Waals surface area contributed by atoms with Crippen LogP contribution in [0.5, 0.6) is 0 Å². The molecule has 10 heteroatoms. The Morgan fingerprint density at radius 2 is 2.03 bits per heavy atom. The summed E-state index contributed by atoms with van der Waals surface area (Å²) in [5.74, 6) is -1.08. The summed E-state index contributed by atoms with van der Waals surface area (Å²) in [4.78, 5) is 34.4. The number of aliphatic imine (C=N–C) groups is 1. The highest BCUT2D eigenvalue weighted by Gasteiger charge is 2.39. The van der Waals surface area contributed by atoms with Crippen molar-refractivity contribution in [2.45, 2.75) is 38.6 Å². The number of allylic oxidation sites excluding steroid dienone is 1. The van der Waals surface area contributed by atoms with Gasteiger partial charge in [-0.3, -0.25) is 9.79 Å². The monoisotopic (exact) mass is 505 g/mol. The molecule has 180 valence electrons. The van der Waals surface area contributed by atoms with E-state index >= 15 is 0 Å². The Labute approximate surface area is 206 Å². The molecule has 1 aliphatic heterocycles. The number of rotatable bonds is 6. The summed E-state index contributed by atoms with van der Waals surface area (Å²) in [7, 11) is 1.39. The first-order valence-corrected chi connectivity index (χ1v) is 12.4. The van der Waals surface area contributed by atoms with Crippen LogP contribution in [0.2, 0.25) is 5.02 Å². The molecule has 2 heterocycles. The van der Waals surface area contributed by atoms with Crippen molar-refractivity contribution in [1.82, 2.24) is 10.3 Å². The highest BCUT2D eigenvalue weighted by molar-refractivity contribution is 7.11. The van der Waals surface area contributed by atoms with E-state index in [4.69, 9.17) is 26.1 Å². The second kappa shape index (κ2) is 10.7. The van der Waals surface area contributed by atoms with Crippen LogP contribution in [0.15, 0.2) is 46.0 Å². The number of nitrogens with zero attached hydrogens (tertiary/aromatic N) is 2. The molecule has 2 aromatic rings. The lowest BCUT2D eigenvalue weighted by atomic mass is 9.78. The molecular weight excluding hydrogens is 481 g/mol. The topological polar surface area (TPSA) is 89.9 Å². The summed E-state index contributed by atoms with van der Waals surface area (Å²) in [6, 6.07) is 3.60. The first-order valence-electron chi connectivity index (χ1n) is 11.1. The number of aromatic nitrogens is 1. The molecule has 1 atom stereocenters. The van der Waals surface area contributed by atoms with Crippen molar-refractivity contribution in [1.29, 1.82) is 0 Å². The van der Waals surface area contributed by atoms with Gasteiger partial charge in [-0.2, -0.15) is 0 Å². The predicted molar refractivity (Wildman–Crippen MR) is 127 cm³/mol. The van der Waals surface area contributed by atoms with Crippen LogP contribution < -0.4 is 5.32 Å². The minimum atomic E-state index is -0.865. The Kier molecular flexibility index (Phi) is 7.63. The van der Waals surface area contributed by atoms with Gasteiger partial charge >= 0.3 is 11.9 Å². The molecule has 34 heavy (non-hydrogen) atoms. The zero-order valence-corrected chi connectivity index (χ0v) is 20.4. The number of carbonyl (C=O) groups excluding carboxylic acids is 2. The number of amidine groups is 1. The van der Waals surface area contributed by atoms with Crippen LogP contribution in [0.25, 0.3) is 0 Å². The van der Waals surface area contributed by atoms with Crippen LogP contribution in [0.1, 0.15) is 49.2 Å². The van der Waals surface area contributed by atoms with E-state index in [1.54, 1.807) is 25.3 Å². The van der Waals surface area contributed by atoms with Crippen LogP contribution >= 0.6 is 22.9 Å². The predicted octanol–water partition coefficient (Wildman–Crippen LogP) is 4.82. The second-order valence-corrected chi connectivity index (χ2v) is 9.38. The van der Waals surface area contributed by atoms with E-state index in [0.717, 1.165) is 0 Å². The fraction of sp³-hybridized carbons (Fsp3) is 0.417. The molecule has 1 aromatic carbocycles. The van der Waals surface area contributed by atoms with Crippen LogP contribution in [0, 0.1) is 17.7 Å². The van der Waals surface area contributed by atoms with Gasteiger partial charge in [-0.25, -0.2) is 14.2 Å². The maximum atomic E-state index is 14.4. The Balaban J connectivity index is 1.81. The number of benzene rings is 1. The van der Waals surface area contributed by atoms with Gasteiger partial charge in [-0.05, 0) is 44.6 Å². The highest BCUT2D eigenvalue weighted by atomic mass is 35.5. The van der Waals surface area contributed by atoms with Gasteiger partial charge in [0.05, 0.1) is 30.2 Å². The molecule has 7 nitrogen and oxygen atoms in total. The van der Waals surface area contributed by atoms with Gasteiger partial charge in [0.2, 0.25) is 0 Å². The standard InChI is InChI=1S/C24H25ClFN3O4S/c1-3-33-24(31)17-19(13-7-9-14(10-8-13)23(30)32-2)28-21(22-27-11-12-34-22)29-20(17)15-5-4-6-16(26)18(15)25/h4-6,11-14,20H,3,7-10H2,1-2H3,(H,28,29)/t13-,14-,20?. The molecule has 0 radical (unpaired) electrons. The molecule has 4 rings (SSSR count). The van der Waals surface area contributed by atoms with Gasteiger partial charge in [-0.1, -0.05) is 23.7 Å². The van der Waals surface area contributed by atoms with Gasteiger partial charge in [-0.15, -0.1) is 11.3 Å². The summed E-state index contributed by atoms with van der Waals surface area (Å²) in [5.41, 5.74) is 1.34. The smallest absolute Gasteiger partial charge is 0.338 e. The number of hydrogen-bond donors (Lipinski definition) is 1. The van der Waals surface area contributed by atoms with E-state index in [1.807, 2.05) is 5.38 Å². The Bertz CT molecular complexity index is 1130. The quantitative estimate of drug-likeness (QED) is 0.566. The van der Waals surface area contributed by atoms with Crippen LogP contribution in [-0.2, 0) is 19.1 Å². The second-order valence-electron chi connectivity index (χ2n) is 8.11. The molecule has 1 unspecified atom stereocenters. The third kappa shape index (κ3) is 4.86. The molecular formula is C24H25ClFN3O4S. The number of ether oxygens (including phenoxy) is 2. The maximum Gasteiger partial charge on any atom is 0.338 e. The number of nitrogens with one attached hydrogen (secondary N) is 1. The van der Waals surface area contributed by atoms with E-state index in [1.165, 1.54) is 24.5 Å². The summed E-state index contributed by atoms with van der Waals surface area (Å²) < 4.78 is 24.7. The summed E-state index contributed by atoms with van der Waals surface area (Å²) in [5, 5.41) is 5.71. The summed E-state index contributed by atoms with van der Waals surface area (Å²) >= 11 is 7.74. The lowest BCUT2D eigenvalue weighted by molar-refractivity contribution is -0.146. The van der Waals surface area contributed by atoms with E-state index in [-0.39, 0.29) is 29.4 Å². The molecule has 1 aliphatic carbocycles. The average Bonchev–Trinajstić information content (AvgIpc) is 3.40. The first kappa shape index (κ1) is 24.3. The van der Waals surface area contributed by atoms with E-state index in [0.29, 0.717) is 53.4 Å². The fourth-order valence-corrected chi connectivity index (χ4v) is 5.33. The van der Waals surface area contributed by atoms with E-state index < -0.39 is 17.8 Å². The number of hydrogen-bond acceptors (Lipinski definition) is 8. The van der Waals surface area contributed by atoms with Crippen LogP contribution in [-0.4, -0.2) is 36.5 Å². The van der Waals surface area contributed by atoms with Gasteiger partial charge < -0.3 is 14.8 Å². The molecule has 2 aliphatic rings. The molecule has 0 spiro atoms. The Morgan fingerprint density at radius 3 is 2.68 bits per heavy atom. The van der Waals surface area contributed by atoms with Gasteiger partial charge in [0.1, 0.15) is 11.9 Å². The minimum Gasteiger partial charge on any atom is -0.469 e. The van der Waals surface area contributed by atoms with Gasteiger partial charge in [0, 0.05) is 22.8 Å².